The average molecular weight is 421 g/mol. The van der Waals surface area contributed by atoms with Crippen molar-refractivity contribution < 1.29 is 33.0 Å². The molecule has 0 spiro atoms. The topological polar surface area (TPSA) is 182 Å². The standard InChI is InChI=1S/C13H18FN6O7P/c1-5(2)10(22)16-13-15-9-8(11(23)17-13)18-19-20(9)12(27-28(24)25)7(14)6(4-21)26-3/h5-7,12,21H,4H2,1-3H3,(H2-,15,16,17,19,22,23,24,25)/p+1/t6-,7-,12+/m1/s1. The van der Waals surface area contributed by atoms with Crippen molar-refractivity contribution in [3.8, 4) is 0 Å². The summed E-state index contributed by atoms with van der Waals surface area (Å²) >= 11 is 0. The predicted octanol–water partition coefficient (Wildman–Crippen LogP) is -0.381. The zero-order valence-corrected chi connectivity index (χ0v) is 16.0. The molecule has 13 nitrogen and oxygen atoms in total. The molecule has 0 aromatic carbocycles. The van der Waals surface area contributed by atoms with E-state index in [1.54, 1.807) is 13.8 Å². The minimum absolute atomic E-state index is 0.257. The summed E-state index contributed by atoms with van der Waals surface area (Å²) in [6, 6.07) is 0. The number of aromatic amines is 1. The minimum Gasteiger partial charge on any atom is -0.394 e. The van der Waals surface area contributed by atoms with Crippen LogP contribution in [0.15, 0.2) is 4.79 Å². The van der Waals surface area contributed by atoms with Crippen LogP contribution in [0.4, 0.5) is 10.3 Å². The molecule has 0 fully saturated rings. The van der Waals surface area contributed by atoms with E-state index in [4.69, 9.17) is 9.63 Å². The van der Waals surface area contributed by atoms with Crippen LogP contribution in [0.2, 0.25) is 0 Å². The normalized spacial score (nSPS) is 15.5. The number of rotatable bonds is 9. The molecule has 0 saturated carbocycles. The zero-order chi connectivity index (χ0) is 21.0. The van der Waals surface area contributed by atoms with E-state index in [2.05, 4.69) is 30.1 Å². The first-order valence-electron chi connectivity index (χ1n) is 7.96. The number of fused-ring (bicyclic) bond motifs is 1. The smallest absolute Gasteiger partial charge is 0.394 e. The molecule has 0 aliphatic heterocycles. The number of alkyl halides is 1. The molecule has 0 bridgehead atoms. The lowest BCUT2D eigenvalue weighted by atomic mass is 10.2. The molecule has 154 valence electrons. The largest absolute Gasteiger partial charge is 0.697 e. The van der Waals surface area contributed by atoms with Crippen molar-refractivity contribution in [1.82, 2.24) is 25.0 Å². The molecule has 1 unspecified atom stereocenters. The van der Waals surface area contributed by atoms with Gasteiger partial charge in [-0.3, -0.25) is 19.9 Å². The average Bonchev–Trinajstić information content (AvgIpc) is 3.04. The van der Waals surface area contributed by atoms with Gasteiger partial charge in [0.05, 0.1) is 6.61 Å². The first-order chi connectivity index (χ1) is 13.2. The number of methoxy groups -OCH3 is 1. The van der Waals surface area contributed by atoms with Crippen molar-refractivity contribution in [3.63, 3.8) is 0 Å². The molecule has 0 aliphatic rings. The van der Waals surface area contributed by atoms with Crippen molar-refractivity contribution in [2.24, 2.45) is 5.92 Å². The van der Waals surface area contributed by atoms with Gasteiger partial charge in [-0.25, -0.2) is 4.39 Å². The summed E-state index contributed by atoms with van der Waals surface area (Å²) in [5.41, 5.74) is -1.43. The van der Waals surface area contributed by atoms with Gasteiger partial charge in [0.25, 0.3) is 5.56 Å². The van der Waals surface area contributed by atoms with Gasteiger partial charge >= 0.3 is 8.25 Å². The molecule has 4 N–H and O–H groups in total. The van der Waals surface area contributed by atoms with Gasteiger partial charge < -0.3 is 9.84 Å². The monoisotopic (exact) mass is 421 g/mol. The number of hydrogen-bond acceptors (Lipinski definition) is 9. The Bertz CT molecular complexity index is 914. The summed E-state index contributed by atoms with van der Waals surface area (Å²) in [6.07, 6.45) is -5.51. The number of nitrogens with zero attached hydrogens (tertiary/aromatic N) is 4. The number of anilines is 1. The molecule has 2 aromatic heterocycles. The Morgan fingerprint density at radius 3 is 2.68 bits per heavy atom. The number of amides is 1. The summed E-state index contributed by atoms with van der Waals surface area (Å²) in [6.45, 7) is 2.47. The summed E-state index contributed by atoms with van der Waals surface area (Å²) < 4.78 is 36.0. The molecule has 2 heterocycles. The number of aromatic nitrogens is 5. The highest BCUT2D eigenvalue weighted by molar-refractivity contribution is 7.32. The lowest BCUT2D eigenvalue weighted by Crippen LogP contribution is -2.37. The van der Waals surface area contributed by atoms with Gasteiger partial charge in [0, 0.05) is 17.6 Å². The third-order valence-electron chi connectivity index (χ3n) is 3.65. The predicted molar refractivity (Wildman–Crippen MR) is 92.1 cm³/mol. The molecule has 0 aliphatic carbocycles. The first-order valence-corrected chi connectivity index (χ1v) is 9.09. The maximum Gasteiger partial charge on any atom is 0.697 e. The van der Waals surface area contributed by atoms with Gasteiger partial charge in [-0.2, -0.15) is 9.67 Å². The molecule has 2 rings (SSSR count). The van der Waals surface area contributed by atoms with Gasteiger partial charge in [0.15, 0.2) is 17.3 Å². The zero-order valence-electron chi connectivity index (χ0n) is 15.1. The van der Waals surface area contributed by atoms with Crippen LogP contribution >= 0.6 is 8.25 Å². The van der Waals surface area contributed by atoms with Crippen LogP contribution in [0.25, 0.3) is 11.2 Å². The van der Waals surface area contributed by atoms with Crippen LogP contribution in [0.5, 0.6) is 0 Å². The lowest BCUT2D eigenvalue weighted by molar-refractivity contribution is -0.118. The van der Waals surface area contributed by atoms with E-state index in [-0.39, 0.29) is 17.1 Å². The summed E-state index contributed by atoms with van der Waals surface area (Å²) in [7, 11) is -2.19. The van der Waals surface area contributed by atoms with Crippen LogP contribution in [-0.4, -0.2) is 66.9 Å². The van der Waals surface area contributed by atoms with Crippen molar-refractivity contribution in [1.29, 1.82) is 0 Å². The number of hydrogen-bond donors (Lipinski definition) is 4. The fourth-order valence-electron chi connectivity index (χ4n) is 2.15. The molecular weight excluding hydrogens is 402 g/mol. The Kier molecular flexibility index (Phi) is 7.21. The third-order valence-corrected chi connectivity index (χ3v) is 4.05. The number of carbonyl (C=O) groups excluding carboxylic acids is 1. The fourth-order valence-corrected chi connectivity index (χ4v) is 2.54. The van der Waals surface area contributed by atoms with Gasteiger partial charge in [0.1, 0.15) is 6.10 Å². The summed E-state index contributed by atoms with van der Waals surface area (Å²) in [5, 5.41) is 18.7. The maximum atomic E-state index is 14.8. The van der Waals surface area contributed by atoms with Gasteiger partial charge in [-0.05, 0) is 0 Å². The van der Waals surface area contributed by atoms with E-state index in [9.17, 15) is 23.7 Å². The maximum absolute atomic E-state index is 14.8. The van der Waals surface area contributed by atoms with Crippen molar-refractivity contribution in [3.05, 3.63) is 10.4 Å². The highest BCUT2D eigenvalue weighted by Crippen LogP contribution is 2.31. The van der Waals surface area contributed by atoms with Crippen LogP contribution in [0.3, 0.4) is 0 Å². The second-order valence-electron chi connectivity index (χ2n) is 5.90. The van der Waals surface area contributed by atoms with Crippen LogP contribution < -0.4 is 10.9 Å². The summed E-state index contributed by atoms with van der Waals surface area (Å²) in [5.74, 6) is -1.12. The first kappa shape index (κ1) is 21.9. The van der Waals surface area contributed by atoms with E-state index in [1.165, 1.54) is 0 Å². The minimum atomic E-state index is -3.30. The van der Waals surface area contributed by atoms with Crippen LogP contribution in [-0.2, 0) is 18.6 Å². The number of carbonyl (C=O) groups is 1. The number of aliphatic hydroxyl groups excluding tert-OH is 1. The Balaban J connectivity index is 2.55. The second kappa shape index (κ2) is 9.21. The van der Waals surface area contributed by atoms with E-state index in [0.29, 0.717) is 4.68 Å². The number of ether oxygens (including phenoxy) is 1. The molecule has 1 amide bonds. The van der Waals surface area contributed by atoms with Crippen LogP contribution in [0, 0.1) is 5.92 Å². The summed E-state index contributed by atoms with van der Waals surface area (Å²) in [4.78, 5) is 39.3. The number of aliphatic hydroxyl groups is 1. The highest BCUT2D eigenvalue weighted by Gasteiger charge is 2.40. The third kappa shape index (κ3) is 4.72. The number of halogens is 1. The van der Waals surface area contributed by atoms with Gasteiger partial charge in [0.2, 0.25) is 18.1 Å². The van der Waals surface area contributed by atoms with Crippen LogP contribution in [0.1, 0.15) is 20.1 Å². The molecule has 0 radical (unpaired) electrons. The van der Waals surface area contributed by atoms with Crippen molar-refractivity contribution in [2.45, 2.75) is 32.4 Å². The molecule has 15 heteroatoms. The quantitative estimate of drug-likeness (QED) is 0.390. The molecule has 0 saturated heterocycles. The Morgan fingerprint density at radius 2 is 2.14 bits per heavy atom. The SMILES string of the molecule is CO[C@H](CO)[C@@H](F)[C@H](O[P+](=O)O)n1nnc2c(=O)[nH]c(NC(=O)C(C)C)nc21. The molecule has 4 atom stereocenters. The van der Waals surface area contributed by atoms with Crippen molar-refractivity contribution in [2.75, 3.05) is 19.0 Å². The Morgan fingerprint density at radius 1 is 1.46 bits per heavy atom. The second-order valence-corrected chi connectivity index (χ2v) is 6.59. The number of nitrogens with one attached hydrogen (secondary N) is 2. The Hall–Kier alpha value is -2.38. The van der Waals surface area contributed by atoms with Gasteiger partial charge in [-0.15, -0.1) is 9.99 Å². The van der Waals surface area contributed by atoms with E-state index >= 15 is 0 Å². The highest BCUT2D eigenvalue weighted by atomic mass is 31.1. The molecule has 28 heavy (non-hydrogen) atoms. The molecular formula is C13H19FN6O7P+. The van der Waals surface area contributed by atoms with E-state index < -0.39 is 50.7 Å². The molecule has 2 aromatic rings. The van der Waals surface area contributed by atoms with Crippen molar-refractivity contribution >= 4 is 31.3 Å². The van der Waals surface area contributed by atoms with E-state index in [0.717, 1.165) is 7.11 Å². The number of H-pyrrole nitrogens is 1. The van der Waals surface area contributed by atoms with Gasteiger partial charge in [-0.1, -0.05) is 23.6 Å². The Labute approximate surface area is 157 Å². The lowest BCUT2D eigenvalue weighted by Gasteiger charge is -2.21. The fraction of sp³-hybridized carbons (Fsp3) is 0.615. The van der Waals surface area contributed by atoms with E-state index in [1.807, 2.05) is 0 Å².